The average molecular weight is 745 g/mol. The van der Waals surface area contributed by atoms with Crippen LogP contribution in [0.2, 0.25) is 0 Å². The number of hydrogen-bond acceptors (Lipinski definition) is 0. The highest BCUT2D eigenvalue weighted by Crippen LogP contribution is 2.73. The second-order valence-electron chi connectivity index (χ2n) is 22.3. The lowest BCUT2D eigenvalue weighted by Gasteiger charge is -2.35. The van der Waals surface area contributed by atoms with E-state index in [9.17, 15) is 0 Å². The van der Waals surface area contributed by atoms with E-state index in [-0.39, 0.29) is 37.9 Å². The van der Waals surface area contributed by atoms with Crippen molar-refractivity contribution in [2.24, 2.45) is 0 Å². The number of rotatable bonds is 0. The van der Waals surface area contributed by atoms with Crippen molar-refractivity contribution >= 4 is 0 Å². The summed E-state index contributed by atoms with van der Waals surface area (Å²) in [5, 5.41) is 0. The fourth-order valence-corrected chi connectivity index (χ4v) is 12.5. The molecule has 4 aliphatic carbocycles. The second kappa shape index (κ2) is 11.3. The van der Waals surface area contributed by atoms with Crippen molar-refractivity contribution in [2.75, 3.05) is 0 Å². The fourth-order valence-electron chi connectivity index (χ4n) is 12.5. The monoisotopic (exact) mass is 744 g/mol. The molecule has 0 nitrogen and oxygen atoms in total. The molecule has 3 spiro atoms. The molecule has 0 radical (unpaired) electrons. The molecule has 0 N–H and O–H groups in total. The molecular formula is C57H60. The minimum Gasteiger partial charge on any atom is -0.0619 e. The first-order valence-corrected chi connectivity index (χ1v) is 21.5. The Hall–Kier alpha value is -4.68. The standard InChI is InChI=1S/C57H60/c1-51(2,3)43-29-47-49(31-45(43)53(7,8)9)56(39-25-17-13-21-35(39)36-22-14-18-26-40(36)56)33-55(47)34-57(41-27-19-15-23-37(41)38-24-16-20-28-42(38)57)50-32-46(54(10,11)12)44(30-48(50)55)52(4,5)6/h13-32H,33-34H2,1-12H3. The van der Waals surface area contributed by atoms with E-state index in [4.69, 9.17) is 0 Å². The number of hydrogen-bond donors (Lipinski definition) is 0. The van der Waals surface area contributed by atoms with Crippen LogP contribution >= 0.6 is 0 Å². The lowest BCUT2D eigenvalue weighted by molar-refractivity contribution is 0.401. The van der Waals surface area contributed by atoms with Crippen LogP contribution in [0.5, 0.6) is 0 Å². The number of benzene rings is 6. The lowest BCUT2D eigenvalue weighted by atomic mass is 9.66. The predicted octanol–water partition coefficient (Wildman–Crippen LogP) is 14.6. The molecule has 0 amide bonds. The van der Waals surface area contributed by atoms with Gasteiger partial charge in [0, 0.05) is 16.2 Å². The summed E-state index contributed by atoms with van der Waals surface area (Å²) in [5.74, 6) is 0. The predicted molar refractivity (Wildman–Crippen MR) is 241 cm³/mol. The molecule has 4 aliphatic rings. The summed E-state index contributed by atoms with van der Waals surface area (Å²) in [6.45, 7) is 29.1. The van der Waals surface area contributed by atoms with E-state index in [2.05, 4.69) is 204 Å². The summed E-state index contributed by atoms with van der Waals surface area (Å²) < 4.78 is 0. The van der Waals surface area contributed by atoms with Crippen LogP contribution in [-0.4, -0.2) is 0 Å². The Morgan fingerprint density at radius 3 is 0.772 bits per heavy atom. The molecule has 0 bridgehead atoms. The zero-order valence-corrected chi connectivity index (χ0v) is 36.5. The molecule has 0 aromatic heterocycles. The Bertz CT molecular complexity index is 2390. The summed E-state index contributed by atoms with van der Waals surface area (Å²) in [7, 11) is 0. The Kier molecular flexibility index (Phi) is 7.25. The maximum atomic E-state index is 2.75. The molecule has 0 saturated heterocycles. The van der Waals surface area contributed by atoms with E-state index in [0.29, 0.717) is 0 Å². The molecule has 0 atom stereocenters. The summed E-state index contributed by atoms with van der Waals surface area (Å²) in [5.41, 5.74) is 22.7. The third-order valence-corrected chi connectivity index (χ3v) is 14.8. The van der Waals surface area contributed by atoms with E-state index in [1.807, 2.05) is 0 Å². The van der Waals surface area contributed by atoms with Gasteiger partial charge in [0.25, 0.3) is 0 Å². The van der Waals surface area contributed by atoms with E-state index < -0.39 is 0 Å². The molecule has 6 aromatic rings. The van der Waals surface area contributed by atoms with Gasteiger partial charge in [0.1, 0.15) is 0 Å². The van der Waals surface area contributed by atoms with Crippen molar-refractivity contribution in [2.45, 2.75) is 134 Å². The van der Waals surface area contributed by atoms with Gasteiger partial charge in [0.05, 0.1) is 0 Å². The van der Waals surface area contributed by atoms with Crippen LogP contribution in [-0.2, 0) is 37.9 Å². The van der Waals surface area contributed by atoms with Crippen molar-refractivity contribution in [3.63, 3.8) is 0 Å². The maximum Gasteiger partial charge on any atom is 0.0478 e. The second-order valence-corrected chi connectivity index (χ2v) is 22.3. The minimum absolute atomic E-state index is 0.0224. The van der Waals surface area contributed by atoms with E-state index >= 15 is 0 Å². The highest BCUT2D eigenvalue weighted by Gasteiger charge is 2.66. The Morgan fingerprint density at radius 1 is 0.298 bits per heavy atom. The van der Waals surface area contributed by atoms with Crippen LogP contribution < -0.4 is 0 Å². The Labute approximate surface area is 342 Å². The van der Waals surface area contributed by atoms with Gasteiger partial charge >= 0.3 is 0 Å². The van der Waals surface area contributed by atoms with Crippen molar-refractivity contribution < 1.29 is 0 Å². The number of fused-ring (bicyclic) bond motifs is 16. The van der Waals surface area contributed by atoms with Gasteiger partial charge in [-0.2, -0.15) is 0 Å². The molecular weight excluding hydrogens is 685 g/mol. The first kappa shape index (κ1) is 36.6. The van der Waals surface area contributed by atoms with Crippen LogP contribution in [0.25, 0.3) is 22.3 Å². The summed E-state index contributed by atoms with van der Waals surface area (Å²) in [4.78, 5) is 0. The molecule has 0 unspecified atom stereocenters. The normalized spacial score (nSPS) is 17.8. The van der Waals surface area contributed by atoms with Gasteiger partial charge in [-0.3, -0.25) is 0 Å². The Morgan fingerprint density at radius 2 is 0.526 bits per heavy atom. The van der Waals surface area contributed by atoms with Crippen molar-refractivity contribution in [1.29, 1.82) is 0 Å². The molecule has 0 heterocycles. The minimum atomic E-state index is -0.288. The molecule has 0 fully saturated rings. The summed E-state index contributed by atoms with van der Waals surface area (Å²) in [6, 6.07) is 48.6. The van der Waals surface area contributed by atoms with Crippen LogP contribution in [0.1, 0.15) is 163 Å². The molecule has 6 aromatic carbocycles. The zero-order valence-electron chi connectivity index (χ0n) is 36.5. The third-order valence-electron chi connectivity index (χ3n) is 14.8. The van der Waals surface area contributed by atoms with Crippen LogP contribution in [0.15, 0.2) is 121 Å². The molecule has 288 valence electrons. The van der Waals surface area contributed by atoms with Crippen LogP contribution in [0, 0.1) is 0 Å². The van der Waals surface area contributed by atoms with Gasteiger partial charge in [0.2, 0.25) is 0 Å². The first-order valence-electron chi connectivity index (χ1n) is 21.5. The van der Waals surface area contributed by atoms with Gasteiger partial charge in [-0.1, -0.05) is 204 Å². The molecule has 10 rings (SSSR count). The zero-order chi connectivity index (χ0) is 40.3. The summed E-state index contributed by atoms with van der Waals surface area (Å²) >= 11 is 0. The van der Waals surface area contributed by atoms with Crippen molar-refractivity contribution in [1.82, 2.24) is 0 Å². The lowest BCUT2D eigenvalue weighted by Crippen LogP contribution is -2.32. The van der Waals surface area contributed by atoms with E-state index in [1.54, 1.807) is 11.1 Å². The molecule has 0 aliphatic heterocycles. The maximum absolute atomic E-state index is 2.75. The highest BCUT2D eigenvalue weighted by atomic mass is 14.7. The van der Waals surface area contributed by atoms with Crippen molar-refractivity contribution in [3.05, 3.63) is 188 Å². The largest absolute Gasteiger partial charge is 0.0619 e. The quantitative estimate of drug-likeness (QED) is 0.145. The smallest absolute Gasteiger partial charge is 0.0478 e. The molecule has 57 heavy (non-hydrogen) atoms. The van der Waals surface area contributed by atoms with Gasteiger partial charge in [0.15, 0.2) is 0 Å². The third kappa shape index (κ3) is 4.68. The Balaban J connectivity index is 1.42. The average Bonchev–Trinajstić information content (AvgIpc) is 3.81. The molecule has 0 saturated carbocycles. The van der Waals surface area contributed by atoms with Crippen LogP contribution in [0.4, 0.5) is 0 Å². The van der Waals surface area contributed by atoms with Gasteiger partial charge < -0.3 is 0 Å². The molecule has 0 heteroatoms. The van der Waals surface area contributed by atoms with Gasteiger partial charge in [-0.15, -0.1) is 0 Å². The van der Waals surface area contributed by atoms with E-state index in [1.165, 1.54) is 77.9 Å². The summed E-state index contributed by atoms with van der Waals surface area (Å²) in [6.07, 6.45) is 2.02. The van der Waals surface area contributed by atoms with Crippen LogP contribution in [0.3, 0.4) is 0 Å². The topological polar surface area (TPSA) is 0 Å². The van der Waals surface area contributed by atoms with Gasteiger partial charge in [-0.05, 0) is 124 Å². The fraction of sp³-hybridized carbons (Fsp3) is 0.368. The van der Waals surface area contributed by atoms with E-state index in [0.717, 1.165) is 12.8 Å². The SMILES string of the molecule is CC(C)(C)c1cc2c(cc1C(C)(C)C)C1(CC23CC2(c4ccccc4-c4ccccc42)c2cc(C(C)(C)C)c(C(C)(C)C)cc23)c2ccccc2-c2ccccc21. The van der Waals surface area contributed by atoms with Crippen molar-refractivity contribution in [3.8, 4) is 22.3 Å². The first-order chi connectivity index (χ1) is 26.7. The van der Waals surface area contributed by atoms with Gasteiger partial charge in [-0.25, -0.2) is 0 Å². The highest BCUT2D eigenvalue weighted by molar-refractivity contribution is 5.89.